The topological polar surface area (TPSA) is 35.6 Å². The van der Waals surface area contributed by atoms with Gasteiger partial charge in [0.05, 0.1) is 10.0 Å². The summed E-state index contributed by atoms with van der Waals surface area (Å²) in [6, 6.07) is 5.07. The van der Waals surface area contributed by atoms with E-state index in [0.29, 0.717) is 21.0 Å². The molecule has 0 radical (unpaired) electrons. The van der Waals surface area contributed by atoms with Crippen molar-refractivity contribution in [3.8, 4) is 0 Å². The summed E-state index contributed by atoms with van der Waals surface area (Å²) < 4.78 is 0. The average molecular weight is 423 g/mol. The maximum absolute atomic E-state index is 12.6. The highest BCUT2D eigenvalue weighted by atomic mass is 35.5. The summed E-state index contributed by atoms with van der Waals surface area (Å²) in [4.78, 5) is 16.9. The molecule has 0 aliphatic carbocycles. The van der Waals surface area contributed by atoms with Gasteiger partial charge in [0.2, 0.25) is 0 Å². The van der Waals surface area contributed by atoms with Gasteiger partial charge in [-0.25, -0.2) is 0 Å². The molecule has 0 spiro atoms. The zero-order chi connectivity index (χ0) is 18.4. The fourth-order valence-electron chi connectivity index (χ4n) is 2.81. The Morgan fingerprint density at radius 2 is 1.73 bits per heavy atom. The summed E-state index contributed by atoms with van der Waals surface area (Å²) in [6.07, 6.45) is 1.18. The molecular weight excluding hydrogens is 393 g/mol. The van der Waals surface area contributed by atoms with E-state index in [4.69, 9.17) is 23.2 Å². The van der Waals surface area contributed by atoms with E-state index in [1.807, 2.05) is 4.90 Å². The number of nitrogens with zero attached hydrogens (tertiary/aromatic N) is 2. The lowest BCUT2D eigenvalue weighted by molar-refractivity contribution is 0.0638. The van der Waals surface area contributed by atoms with Gasteiger partial charge in [0.1, 0.15) is 0 Å². The van der Waals surface area contributed by atoms with Crippen molar-refractivity contribution in [2.45, 2.75) is 27.2 Å². The fraction of sp³-hybridized carbons (Fsp3) is 0.632. The second-order valence-corrected chi connectivity index (χ2v) is 8.64. The van der Waals surface area contributed by atoms with E-state index in [-0.39, 0.29) is 18.3 Å². The largest absolute Gasteiger partial charge is 0.336 e. The van der Waals surface area contributed by atoms with Crippen LogP contribution in [0.15, 0.2) is 18.2 Å². The van der Waals surface area contributed by atoms with E-state index in [0.717, 1.165) is 45.8 Å². The van der Waals surface area contributed by atoms with Crippen molar-refractivity contribution in [3.63, 3.8) is 0 Å². The van der Waals surface area contributed by atoms with Gasteiger partial charge < -0.3 is 10.2 Å². The summed E-state index contributed by atoms with van der Waals surface area (Å²) in [5.41, 5.74) is 0.982. The highest BCUT2D eigenvalue weighted by Crippen LogP contribution is 2.23. The third-order valence-corrected chi connectivity index (χ3v) is 5.22. The van der Waals surface area contributed by atoms with Gasteiger partial charge in [0.15, 0.2) is 0 Å². The molecule has 4 nitrogen and oxygen atoms in total. The van der Waals surface area contributed by atoms with Crippen molar-refractivity contribution >= 4 is 41.5 Å². The first-order valence-electron chi connectivity index (χ1n) is 8.94. The Balaban J connectivity index is 0.00000338. The molecule has 0 atom stereocenters. The Labute approximate surface area is 173 Å². The van der Waals surface area contributed by atoms with Crippen LogP contribution in [0.25, 0.3) is 0 Å². The standard InChI is InChI=1S/C19H29Cl2N3O.ClH/c1-19(2,3)6-7-22-8-9-23-10-12-24(13-11-23)18(25)15-4-5-16(20)17(21)14-15;/h4-5,14,22H,6-13H2,1-3H3;1H. The summed E-state index contributed by atoms with van der Waals surface area (Å²) >= 11 is 11.9. The van der Waals surface area contributed by atoms with Crippen molar-refractivity contribution in [3.05, 3.63) is 33.8 Å². The van der Waals surface area contributed by atoms with E-state index in [9.17, 15) is 4.79 Å². The zero-order valence-electron chi connectivity index (χ0n) is 15.9. The molecule has 0 aromatic heterocycles. The van der Waals surface area contributed by atoms with Crippen molar-refractivity contribution in [1.82, 2.24) is 15.1 Å². The third-order valence-electron chi connectivity index (χ3n) is 4.48. The van der Waals surface area contributed by atoms with Crippen molar-refractivity contribution in [2.24, 2.45) is 5.41 Å². The summed E-state index contributed by atoms with van der Waals surface area (Å²) in [6.45, 7) is 13.2. The molecule has 2 rings (SSSR count). The number of amides is 1. The molecule has 1 fully saturated rings. The second-order valence-electron chi connectivity index (χ2n) is 7.82. The SMILES string of the molecule is CC(C)(C)CCNCCN1CCN(C(=O)c2ccc(Cl)c(Cl)c2)CC1.Cl. The molecule has 148 valence electrons. The van der Waals surface area contributed by atoms with Crippen LogP contribution in [0, 0.1) is 5.41 Å². The fourth-order valence-corrected chi connectivity index (χ4v) is 3.11. The predicted molar refractivity (Wildman–Crippen MR) is 113 cm³/mol. The van der Waals surface area contributed by atoms with Crippen LogP contribution in [0.4, 0.5) is 0 Å². The summed E-state index contributed by atoms with van der Waals surface area (Å²) in [5, 5.41) is 4.41. The quantitative estimate of drug-likeness (QED) is 0.698. The third kappa shape index (κ3) is 7.61. The minimum Gasteiger partial charge on any atom is -0.336 e. The lowest BCUT2D eigenvalue weighted by Gasteiger charge is -2.35. The number of nitrogens with one attached hydrogen (secondary N) is 1. The van der Waals surface area contributed by atoms with Gasteiger partial charge in [-0.15, -0.1) is 12.4 Å². The molecule has 26 heavy (non-hydrogen) atoms. The number of carbonyl (C=O) groups is 1. The van der Waals surface area contributed by atoms with Gasteiger partial charge in [-0.2, -0.15) is 0 Å². The van der Waals surface area contributed by atoms with Crippen molar-refractivity contribution in [1.29, 1.82) is 0 Å². The summed E-state index contributed by atoms with van der Waals surface area (Å²) in [7, 11) is 0. The maximum Gasteiger partial charge on any atom is 0.253 e. The molecule has 1 aliphatic heterocycles. The Kier molecular flexibility index (Phi) is 9.70. The molecule has 1 aromatic rings. The zero-order valence-corrected chi connectivity index (χ0v) is 18.2. The minimum absolute atomic E-state index is 0. The van der Waals surface area contributed by atoms with Gasteiger partial charge in [-0.05, 0) is 36.6 Å². The molecule has 0 unspecified atom stereocenters. The molecule has 0 saturated carbocycles. The molecule has 7 heteroatoms. The van der Waals surface area contributed by atoms with E-state index >= 15 is 0 Å². The molecule has 1 heterocycles. The number of hydrogen-bond donors (Lipinski definition) is 1. The van der Waals surface area contributed by atoms with Gasteiger partial charge in [0, 0.05) is 44.8 Å². The number of rotatable bonds is 6. The van der Waals surface area contributed by atoms with E-state index in [1.54, 1.807) is 18.2 Å². The van der Waals surface area contributed by atoms with Crippen LogP contribution in [0.5, 0.6) is 0 Å². The second kappa shape index (κ2) is 10.7. The van der Waals surface area contributed by atoms with Crippen LogP contribution in [0.1, 0.15) is 37.6 Å². The lowest BCUT2D eigenvalue weighted by Crippen LogP contribution is -2.50. The number of carbonyl (C=O) groups excluding carboxylic acids is 1. The molecule has 1 saturated heterocycles. The van der Waals surface area contributed by atoms with Gasteiger partial charge >= 0.3 is 0 Å². The van der Waals surface area contributed by atoms with Crippen LogP contribution in [-0.4, -0.2) is 61.5 Å². The molecule has 1 aromatic carbocycles. The van der Waals surface area contributed by atoms with Gasteiger partial charge in [0.25, 0.3) is 5.91 Å². The van der Waals surface area contributed by atoms with Crippen LogP contribution in [0.2, 0.25) is 10.0 Å². The maximum atomic E-state index is 12.6. The van der Waals surface area contributed by atoms with Crippen LogP contribution in [-0.2, 0) is 0 Å². The molecule has 1 N–H and O–H groups in total. The highest BCUT2D eigenvalue weighted by molar-refractivity contribution is 6.42. The Bertz CT molecular complexity index is 582. The summed E-state index contributed by atoms with van der Waals surface area (Å²) in [5.74, 6) is 0.0292. The van der Waals surface area contributed by atoms with Gasteiger partial charge in [-0.3, -0.25) is 9.69 Å². The first-order chi connectivity index (χ1) is 11.8. The Morgan fingerprint density at radius 3 is 2.31 bits per heavy atom. The van der Waals surface area contributed by atoms with Gasteiger partial charge in [-0.1, -0.05) is 44.0 Å². The number of piperazine rings is 1. The predicted octanol–water partition coefficient (Wildman–Crippen LogP) is 4.20. The van der Waals surface area contributed by atoms with Crippen molar-refractivity contribution < 1.29 is 4.79 Å². The lowest BCUT2D eigenvalue weighted by atomic mass is 9.92. The molecule has 1 amide bonds. The molecule has 0 bridgehead atoms. The normalized spacial score (nSPS) is 15.7. The van der Waals surface area contributed by atoms with Crippen molar-refractivity contribution in [2.75, 3.05) is 45.8 Å². The molecule has 1 aliphatic rings. The van der Waals surface area contributed by atoms with E-state index < -0.39 is 0 Å². The average Bonchev–Trinajstić information content (AvgIpc) is 2.56. The number of benzene rings is 1. The first kappa shape index (κ1) is 23.5. The highest BCUT2D eigenvalue weighted by Gasteiger charge is 2.22. The Morgan fingerprint density at radius 1 is 1.08 bits per heavy atom. The number of hydrogen-bond acceptors (Lipinski definition) is 3. The van der Waals surface area contributed by atoms with E-state index in [2.05, 4.69) is 31.0 Å². The number of halogens is 3. The van der Waals surface area contributed by atoms with Crippen LogP contribution in [0.3, 0.4) is 0 Å². The first-order valence-corrected chi connectivity index (χ1v) is 9.69. The smallest absolute Gasteiger partial charge is 0.253 e. The van der Waals surface area contributed by atoms with Crippen LogP contribution >= 0.6 is 35.6 Å². The van der Waals surface area contributed by atoms with E-state index in [1.165, 1.54) is 6.42 Å². The molecular formula is C19H30Cl3N3O. The minimum atomic E-state index is 0. The Hall–Kier alpha value is -0.520. The van der Waals surface area contributed by atoms with Crippen LogP contribution < -0.4 is 5.32 Å². The monoisotopic (exact) mass is 421 g/mol.